The molecule has 1 aromatic rings. The molecule has 0 atom stereocenters. The van der Waals surface area contributed by atoms with E-state index in [9.17, 15) is 0 Å². The van der Waals surface area contributed by atoms with E-state index in [0.29, 0.717) is 0 Å². The molecule has 1 heteroatoms. The van der Waals surface area contributed by atoms with Gasteiger partial charge in [-0.1, -0.05) is 29.9 Å². The van der Waals surface area contributed by atoms with E-state index in [1.807, 2.05) is 18.2 Å². The van der Waals surface area contributed by atoms with Crippen molar-refractivity contribution in [2.75, 3.05) is 0 Å². The van der Waals surface area contributed by atoms with Crippen LogP contribution in [0, 0.1) is 18.3 Å². The summed E-state index contributed by atoms with van der Waals surface area (Å²) in [4.78, 5) is 0. The molecule has 1 nitrogen and oxygen atoms in total. The van der Waals surface area contributed by atoms with Crippen molar-refractivity contribution in [2.45, 2.75) is 19.8 Å². The zero-order valence-electron chi connectivity index (χ0n) is 8.83. The average Bonchev–Trinajstić information content (AvgIpc) is 2.18. The van der Waals surface area contributed by atoms with Crippen molar-refractivity contribution in [1.82, 2.24) is 0 Å². The Labute approximate surface area is 90.4 Å². The molecule has 1 aliphatic rings. The molecule has 0 unspecified atom stereocenters. The lowest BCUT2D eigenvalue weighted by Crippen LogP contribution is -1.89. The standard InChI is InChI=1S/C14H13N/c1-11-5-6-13(10-15)9-14(11)8-7-12-3-2-4-12/h3,5-9H,2,4H2,1H3/b8-7+. The first-order chi connectivity index (χ1) is 7.29. The number of nitriles is 1. The van der Waals surface area contributed by atoms with Crippen molar-refractivity contribution in [1.29, 1.82) is 5.26 Å². The molecule has 0 spiro atoms. The third-order valence-electron chi connectivity index (χ3n) is 2.72. The van der Waals surface area contributed by atoms with Crippen LogP contribution in [0.5, 0.6) is 0 Å². The van der Waals surface area contributed by atoms with Crippen LogP contribution < -0.4 is 0 Å². The molecule has 0 N–H and O–H groups in total. The highest BCUT2D eigenvalue weighted by Crippen LogP contribution is 2.21. The highest BCUT2D eigenvalue weighted by Gasteiger charge is 2.01. The number of rotatable bonds is 2. The summed E-state index contributed by atoms with van der Waals surface area (Å²) in [5.74, 6) is 0. The van der Waals surface area contributed by atoms with Crippen LogP contribution in [0.4, 0.5) is 0 Å². The second-order valence-corrected chi connectivity index (χ2v) is 3.83. The van der Waals surface area contributed by atoms with Crippen molar-refractivity contribution in [3.8, 4) is 6.07 Å². The summed E-state index contributed by atoms with van der Waals surface area (Å²) < 4.78 is 0. The fraction of sp³-hybridized carbons (Fsp3) is 0.214. The minimum Gasteiger partial charge on any atom is -0.192 e. The fourth-order valence-electron chi connectivity index (χ4n) is 1.55. The molecule has 0 fully saturated rings. The van der Waals surface area contributed by atoms with Gasteiger partial charge in [-0.25, -0.2) is 0 Å². The minimum absolute atomic E-state index is 0.725. The van der Waals surface area contributed by atoms with Gasteiger partial charge in [0.15, 0.2) is 0 Å². The molecule has 0 amide bonds. The number of allylic oxidation sites excluding steroid dienone is 3. The summed E-state index contributed by atoms with van der Waals surface area (Å²) in [6.45, 7) is 2.07. The van der Waals surface area contributed by atoms with Crippen molar-refractivity contribution in [3.63, 3.8) is 0 Å². The lowest BCUT2D eigenvalue weighted by molar-refractivity contribution is 0.908. The maximum atomic E-state index is 8.80. The molecule has 1 aromatic carbocycles. The van der Waals surface area contributed by atoms with Gasteiger partial charge in [-0.3, -0.25) is 0 Å². The normalized spacial score (nSPS) is 14.5. The van der Waals surface area contributed by atoms with Crippen molar-refractivity contribution in [2.24, 2.45) is 0 Å². The van der Waals surface area contributed by atoms with Crippen molar-refractivity contribution < 1.29 is 0 Å². The highest BCUT2D eigenvalue weighted by molar-refractivity contribution is 5.59. The van der Waals surface area contributed by atoms with E-state index in [1.165, 1.54) is 24.0 Å². The van der Waals surface area contributed by atoms with Gasteiger partial charge in [0.25, 0.3) is 0 Å². The zero-order valence-corrected chi connectivity index (χ0v) is 8.83. The van der Waals surface area contributed by atoms with E-state index in [0.717, 1.165) is 11.1 Å². The first-order valence-electron chi connectivity index (χ1n) is 5.17. The number of hydrogen-bond donors (Lipinski definition) is 0. The molecule has 2 rings (SSSR count). The van der Waals surface area contributed by atoms with Crippen molar-refractivity contribution >= 4 is 6.08 Å². The average molecular weight is 195 g/mol. The predicted molar refractivity (Wildman–Crippen MR) is 62.2 cm³/mol. The Balaban J connectivity index is 2.27. The van der Waals surface area contributed by atoms with Crippen LogP contribution in [-0.4, -0.2) is 0 Å². The van der Waals surface area contributed by atoms with Gasteiger partial charge in [-0.2, -0.15) is 5.26 Å². The van der Waals surface area contributed by atoms with E-state index in [-0.39, 0.29) is 0 Å². The predicted octanol–water partition coefficient (Wildman–Crippen LogP) is 3.60. The molecule has 0 saturated carbocycles. The molecular weight excluding hydrogens is 182 g/mol. The van der Waals surface area contributed by atoms with Crippen LogP contribution in [0.3, 0.4) is 0 Å². The topological polar surface area (TPSA) is 23.8 Å². The maximum absolute atomic E-state index is 8.80. The summed E-state index contributed by atoms with van der Waals surface area (Å²) in [6, 6.07) is 7.95. The second-order valence-electron chi connectivity index (χ2n) is 3.83. The summed E-state index contributed by atoms with van der Waals surface area (Å²) in [6.07, 6.45) is 8.87. The second kappa shape index (κ2) is 4.14. The Kier molecular flexibility index (Phi) is 2.69. The third kappa shape index (κ3) is 2.16. The number of nitrogens with zero attached hydrogens (tertiary/aromatic N) is 1. The molecule has 0 aliphatic heterocycles. The molecule has 0 heterocycles. The van der Waals surface area contributed by atoms with Crippen LogP contribution in [0.15, 0.2) is 35.9 Å². The molecule has 15 heavy (non-hydrogen) atoms. The number of hydrogen-bond acceptors (Lipinski definition) is 1. The lowest BCUT2D eigenvalue weighted by Gasteiger charge is -2.09. The first-order valence-corrected chi connectivity index (χ1v) is 5.17. The molecule has 0 radical (unpaired) electrons. The molecule has 0 aromatic heterocycles. The van der Waals surface area contributed by atoms with Gasteiger partial charge in [0.1, 0.15) is 0 Å². The highest BCUT2D eigenvalue weighted by atomic mass is 14.2. The molecule has 0 bridgehead atoms. The lowest BCUT2D eigenvalue weighted by atomic mass is 9.97. The maximum Gasteiger partial charge on any atom is 0.0991 e. The van der Waals surface area contributed by atoms with Crippen LogP contribution in [0.25, 0.3) is 6.08 Å². The van der Waals surface area contributed by atoms with Gasteiger partial charge in [-0.15, -0.1) is 0 Å². The van der Waals surface area contributed by atoms with Gasteiger partial charge >= 0.3 is 0 Å². The summed E-state index contributed by atoms with van der Waals surface area (Å²) >= 11 is 0. The first kappa shape index (κ1) is 9.73. The molecule has 74 valence electrons. The fourth-order valence-corrected chi connectivity index (χ4v) is 1.55. The zero-order chi connectivity index (χ0) is 10.7. The number of aryl methyl sites for hydroxylation is 1. The Bertz CT molecular complexity index is 473. The smallest absolute Gasteiger partial charge is 0.0991 e. The van der Waals surface area contributed by atoms with Crippen molar-refractivity contribution in [3.05, 3.63) is 52.6 Å². The van der Waals surface area contributed by atoms with Crippen LogP contribution in [-0.2, 0) is 0 Å². The quantitative estimate of drug-likeness (QED) is 0.707. The van der Waals surface area contributed by atoms with E-state index in [4.69, 9.17) is 5.26 Å². The van der Waals surface area contributed by atoms with Gasteiger partial charge in [0.2, 0.25) is 0 Å². The Morgan fingerprint density at radius 3 is 2.73 bits per heavy atom. The summed E-state index contributed by atoms with van der Waals surface area (Å²) in [5.41, 5.74) is 4.48. The minimum atomic E-state index is 0.725. The molecule has 0 saturated heterocycles. The Hall–Kier alpha value is -1.81. The number of benzene rings is 1. The van der Waals surface area contributed by atoms with Gasteiger partial charge in [0, 0.05) is 0 Å². The third-order valence-corrected chi connectivity index (χ3v) is 2.72. The van der Waals surface area contributed by atoms with Crippen LogP contribution in [0.1, 0.15) is 29.5 Å². The Morgan fingerprint density at radius 2 is 2.13 bits per heavy atom. The summed E-state index contributed by atoms with van der Waals surface area (Å²) in [5, 5.41) is 8.80. The Morgan fingerprint density at radius 1 is 1.33 bits per heavy atom. The molecule has 1 aliphatic carbocycles. The summed E-state index contributed by atoms with van der Waals surface area (Å²) in [7, 11) is 0. The molecular formula is C14H13N. The monoisotopic (exact) mass is 195 g/mol. The SMILES string of the molecule is Cc1ccc(C#N)cc1/C=C/C1=CCC1. The van der Waals surface area contributed by atoms with E-state index >= 15 is 0 Å². The van der Waals surface area contributed by atoms with E-state index < -0.39 is 0 Å². The van der Waals surface area contributed by atoms with Gasteiger partial charge < -0.3 is 0 Å². The van der Waals surface area contributed by atoms with Gasteiger partial charge in [-0.05, 0) is 43.0 Å². The van der Waals surface area contributed by atoms with E-state index in [2.05, 4.69) is 31.2 Å². The van der Waals surface area contributed by atoms with Crippen LogP contribution >= 0.6 is 0 Å². The van der Waals surface area contributed by atoms with E-state index in [1.54, 1.807) is 0 Å². The largest absolute Gasteiger partial charge is 0.192 e. The van der Waals surface area contributed by atoms with Crippen LogP contribution in [0.2, 0.25) is 0 Å². The van der Waals surface area contributed by atoms with Gasteiger partial charge in [0.05, 0.1) is 11.6 Å².